The van der Waals surface area contributed by atoms with Gasteiger partial charge in [0.25, 0.3) is 0 Å². The monoisotopic (exact) mass is 259 g/mol. The average molecular weight is 259 g/mol. The summed E-state index contributed by atoms with van der Waals surface area (Å²) in [6.07, 6.45) is 8.62. The minimum atomic E-state index is 0.751. The van der Waals surface area contributed by atoms with Crippen LogP contribution in [0.15, 0.2) is 12.3 Å². The summed E-state index contributed by atoms with van der Waals surface area (Å²) < 4.78 is 0. The number of pyridine rings is 1. The maximum Gasteiger partial charge on any atom is 0.131 e. The van der Waals surface area contributed by atoms with Gasteiger partial charge >= 0.3 is 0 Å². The van der Waals surface area contributed by atoms with E-state index in [0.717, 1.165) is 25.2 Å². The van der Waals surface area contributed by atoms with Crippen LogP contribution in [0, 0.1) is 6.92 Å². The lowest BCUT2D eigenvalue weighted by atomic mass is 10.2. The molecule has 0 aromatic carbocycles. The first-order chi connectivity index (χ1) is 9.28. The predicted octanol–water partition coefficient (Wildman–Crippen LogP) is 3.02. The minimum absolute atomic E-state index is 0.751. The molecule has 0 radical (unpaired) electrons. The number of nitrogens with zero attached hydrogens (tertiary/aromatic N) is 2. The lowest BCUT2D eigenvalue weighted by Gasteiger charge is -2.25. The molecular weight excluding hydrogens is 234 g/mol. The molecule has 3 rings (SSSR count). The van der Waals surface area contributed by atoms with E-state index in [1.807, 2.05) is 0 Å². The molecule has 1 N–H and O–H groups in total. The fraction of sp³-hybridized carbons (Fsp3) is 0.688. The van der Waals surface area contributed by atoms with Gasteiger partial charge < -0.3 is 10.2 Å². The van der Waals surface area contributed by atoms with E-state index in [9.17, 15) is 0 Å². The van der Waals surface area contributed by atoms with E-state index in [4.69, 9.17) is 4.98 Å². The van der Waals surface area contributed by atoms with Crippen LogP contribution in [-0.2, 0) is 6.54 Å². The molecule has 0 aliphatic heterocycles. The summed E-state index contributed by atoms with van der Waals surface area (Å²) in [4.78, 5) is 7.25. The fourth-order valence-electron chi connectivity index (χ4n) is 2.66. The first-order valence-corrected chi connectivity index (χ1v) is 7.73. The van der Waals surface area contributed by atoms with Crippen molar-refractivity contribution >= 4 is 5.82 Å². The van der Waals surface area contributed by atoms with Crippen molar-refractivity contribution < 1.29 is 0 Å². The van der Waals surface area contributed by atoms with Crippen LogP contribution in [0.1, 0.15) is 50.2 Å². The van der Waals surface area contributed by atoms with Crippen LogP contribution in [0.25, 0.3) is 0 Å². The Morgan fingerprint density at radius 2 is 2.11 bits per heavy atom. The molecule has 1 aromatic rings. The first kappa shape index (κ1) is 12.9. The zero-order valence-corrected chi connectivity index (χ0v) is 12.2. The normalized spacial score (nSPS) is 18.6. The van der Waals surface area contributed by atoms with E-state index in [2.05, 4.69) is 36.3 Å². The Labute approximate surface area is 116 Å². The molecule has 2 aliphatic carbocycles. The Morgan fingerprint density at radius 1 is 1.32 bits per heavy atom. The summed E-state index contributed by atoms with van der Waals surface area (Å²) in [6.45, 7) is 6.56. The largest absolute Gasteiger partial charge is 0.353 e. The van der Waals surface area contributed by atoms with Crippen molar-refractivity contribution in [2.75, 3.05) is 11.4 Å². The van der Waals surface area contributed by atoms with Crippen LogP contribution in [0.2, 0.25) is 0 Å². The Morgan fingerprint density at radius 3 is 2.68 bits per heavy atom. The van der Waals surface area contributed by atoms with Crippen molar-refractivity contribution in [3.8, 4) is 0 Å². The predicted molar refractivity (Wildman–Crippen MR) is 79.5 cm³/mol. The standard InChI is InChI=1S/C16H25N3/c1-3-8-19(15-6-7-15)16-12(2)9-13(11-18-16)10-17-14-4-5-14/h9,11,14-15,17H,3-8,10H2,1-2H3. The van der Waals surface area contributed by atoms with Crippen molar-refractivity contribution in [1.29, 1.82) is 0 Å². The molecule has 1 aromatic heterocycles. The molecule has 0 unspecified atom stereocenters. The number of hydrogen-bond donors (Lipinski definition) is 1. The average Bonchev–Trinajstić information content (AvgIpc) is 3.28. The lowest BCUT2D eigenvalue weighted by Crippen LogP contribution is -2.28. The van der Waals surface area contributed by atoms with Crippen LogP contribution < -0.4 is 10.2 Å². The van der Waals surface area contributed by atoms with Gasteiger partial charge in [0.15, 0.2) is 0 Å². The second-order valence-electron chi connectivity index (χ2n) is 6.06. The molecule has 0 bridgehead atoms. The highest BCUT2D eigenvalue weighted by Crippen LogP contribution is 2.32. The summed E-state index contributed by atoms with van der Waals surface area (Å²) in [5.74, 6) is 1.21. The van der Waals surface area contributed by atoms with Crippen molar-refractivity contribution in [3.63, 3.8) is 0 Å². The van der Waals surface area contributed by atoms with E-state index >= 15 is 0 Å². The maximum absolute atomic E-state index is 4.74. The third-order valence-corrected chi connectivity index (χ3v) is 4.00. The molecule has 0 amide bonds. The molecule has 3 nitrogen and oxygen atoms in total. The molecule has 19 heavy (non-hydrogen) atoms. The molecule has 3 heteroatoms. The zero-order chi connectivity index (χ0) is 13.2. The van der Waals surface area contributed by atoms with Gasteiger partial charge in [-0.2, -0.15) is 0 Å². The molecular formula is C16H25N3. The van der Waals surface area contributed by atoms with Crippen molar-refractivity contribution in [3.05, 3.63) is 23.4 Å². The van der Waals surface area contributed by atoms with E-state index in [0.29, 0.717) is 0 Å². The topological polar surface area (TPSA) is 28.2 Å². The van der Waals surface area contributed by atoms with Crippen LogP contribution in [0.4, 0.5) is 5.82 Å². The summed E-state index contributed by atoms with van der Waals surface area (Å²) in [6, 6.07) is 3.83. The molecule has 2 aliphatic rings. The first-order valence-electron chi connectivity index (χ1n) is 7.73. The zero-order valence-electron chi connectivity index (χ0n) is 12.2. The molecule has 104 valence electrons. The van der Waals surface area contributed by atoms with Gasteiger partial charge in [-0.1, -0.05) is 6.92 Å². The van der Waals surface area contributed by atoms with Crippen LogP contribution >= 0.6 is 0 Å². The number of aryl methyl sites for hydroxylation is 1. The Kier molecular flexibility index (Phi) is 3.74. The maximum atomic E-state index is 4.74. The SMILES string of the molecule is CCCN(c1ncc(CNC2CC2)cc1C)C1CC1. The van der Waals surface area contributed by atoms with Gasteiger partial charge in [-0.05, 0) is 56.2 Å². The third kappa shape index (κ3) is 3.27. The molecule has 0 atom stereocenters. The lowest BCUT2D eigenvalue weighted by molar-refractivity contribution is 0.683. The molecule has 2 fully saturated rings. The van der Waals surface area contributed by atoms with Gasteiger partial charge in [-0.25, -0.2) is 4.98 Å². The number of anilines is 1. The molecule has 0 spiro atoms. The summed E-state index contributed by atoms with van der Waals surface area (Å²) in [7, 11) is 0. The molecule has 0 saturated heterocycles. The Hall–Kier alpha value is -1.09. The second-order valence-corrected chi connectivity index (χ2v) is 6.06. The Balaban J connectivity index is 1.69. The highest BCUT2D eigenvalue weighted by molar-refractivity contribution is 5.49. The van der Waals surface area contributed by atoms with Gasteiger partial charge in [0.1, 0.15) is 5.82 Å². The highest BCUT2D eigenvalue weighted by atomic mass is 15.2. The Bertz CT molecular complexity index is 436. The van der Waals surface area contributed by atoms with Crippen molar-refractivity contribution in [2.45, 2.75) is 64.6 Å². The van der Waals surface area contributed by atoms with Crippen molar-refractivity contribution in [2.24, 2.45) is 0 Å². The van der Waals surface area contributed by atoms with Crippen molar-refractivity contribution in [1.82, 2.24) is 10.3 Å². The summed E-state index contributed by atoms with van der Waals surface area (Å²) in [5.41, 5.74) is 2.65. The fourth-order valence-corrected chi connectivity index (χ4v) is 2.66. The molecule has 2 saturated carbocycles. The van der Waals surface area contributed by atoms with Gasteiger partial charge in [-0.3, -0.25) is 0 Å². The van der Waals surface area contributed by atoms with Gasteiger partial charge in [-0.15, -0.1) is 0 Å². The van der Waals surface area contributed by atoms with Crippen LogP contribution in [0.5, 0.6) is 0 Å². The smallest absolute Gasteiger partial charge is 0.131 e. The van der Waals surface area contributed by atoms with E-state index in [1.54, 1.807) is 0 Å². The minimum Gasteiger partial charge on any atom is -0.353 e. The van der Waals surface area contributed by atoms with Gasteiger partial charge in [0, 0.05) is 31.4 Å². The number of nitrogens with one attached hydrogen (secondary N) is 1. The summed E-state index contributed by atoms with van der Waals surface area (Å²) >= 11 is 0. The number of aromatic nitrogens is 1. The van der Waals surface area contributed by atoms with Gasteiger partial charge in [0.2, 0.25) is 0 Å². The van der Waals surface area contributed by atoms with Crippen LogP contribution in [0.3, 0.4) is 0 Å². The quantitative estimate of drug-likeness (QED) is 0.816. The highest BCUT2D eigenvalue weighted by Gasteiger charge is 2.30. The van der Waals surface area contributed by atoms with Crippen LogP contribution in [-0.4, -0.2) is 23.6 Å². The van der Waals surface area contributed by atoms with Gasteiger partial charge in [0.05, 0.1) is 0 Å². The van der Waals surface area contributed by atoms with E-state index in [1.165, 1.54) is 49.0 Å². The second kappa shape index (κ2) is 5.49. The third-order valence-electron chi connectivity index (χ3n) is 4.00. The van der Waals surface area contributed by atoms with E-state index < -0.39 is 0 Å². The molecule has 1 heterocycles. The summed E-state index contributed by atoms with van der Waals surface area (Å²) in [5, 5.41) is 3.56. The van der Waals surface area contributed by atoms with E-state index in [-0.39, 0.29) is 0 Å². The number of rotatable bonds is 7. The number of hydrogen-bond acceptors (Lipinski definition) is 3.